The second-order valence-corrected chi connectivity index (χ2v) is 4.52. The monoisotopic (exact) mass is 272 g/mol. The largest absolute Gasteiger partial charge is 0.376 e. The van der Waals surface area contributed by atoms with Crippen molar-refractivity contribution in [3.8, 4) is 23.7 Å². The maximum absolute atomic E-state index is 9.85. The normalized spacial score (nSPS) is 11.1. The third-order valence-electron chi connectivity index (χ3n) is 2.94. The van der Waals surface area contributed by atoms with Crippen LogP contribution in [-0.4, -0.2) is 5.11 Å². The first kappa shape index (κ1) is 14.7. The standard InChI is InChI=1S/C20H16O/c1-17-11-9-10-13-18(17)12-5-2-3-8-16-20(21)19-14-6-4-7-15-19/h2-4,6-7,9-11,13-15,20-21H,1H3/b3-2-. The van der Waals surface area contributed by atoms with Gasteiger partial charge in [-0.2, -0.15) is 0 Å². The molecule has 0 amide bonds. The fourth-order valence-corrected chi connectivity index (χ4v) is 1.76. The van der Waals surface area contributed by atoms with Gasteiger partial charge >= 0.3 is 0 Å². The molecule has 1 heteroatoms. The average Bonchev–Trinajstić information content (AvgIpc) is 2.53. The summed E-state index contributed by atoms with van der Waals surface area (Å²) < 4.78 is 0. The van der Waals surface area contributed by atoms with Crippen molar-refractivity contribution in [2.24, 2.45) is 0 Å². The second kappa shape index (κ2) is 7.75. The van der Waals surface area contributed by atoms with Gasteiger partial charge in [0.1, 0.15) is 6.10 Å². The van der Waals surface area contributed by atoms with E-state index >= 15 is 0 Å². The molecule has 21 heavy (non-hydrogen) atoms. The van der Waals surface area contributed by atoms with Crippen molar-refractivity contribution < 1.29 is 5.11 Å². The maximum atomic E-state index is 9.85. The molecule has 2 aromatic carbocycles. The van der Waals surface area contributed by atoms with Gasteiger partial charge in [0.05, 0.1) is 0 Å². The van der Waals surface area contributed by atoms with E-state index in [1.807, 2.05) is 61.5 Å². The van der Waals surface area contributed by atoms with Gasteiger partial charge in [0.2, 0.25) is 0 Å². The Bertz CT molecular complexity index is 734. The number of allylic oxidation sites excluding steroid dienone is 2. The molecule has 0 spiro atoms. The Hall–Kier alpha value is -2.74. The van der Waals surface area contributed by atoms with Crippen molar-refractivity contribution in [2.45, 2.75) is 13.0 Å². The molecule has 2 aromatic rings. The number of aliphatic hydroxyl groups excluding tert-OH is 1. The molecule has 0 radical (unpaired) electrons. The van der Waals surface area contributed by atoms with Crippen LogP contribution in [0.5, 0.6) is 0 Å². The molecule has 1 N–H and O–H groups in total. The third kappa shape index (κ3) is 4.69. The molecule has 0 saturated heterocycles. The Kier molecular flexibility index (Phi) is 5.41. The van der Waals surface area contributed by atoms with Gasteiger partial charge in [-0.25, -0.2) is 0 Å². The summed E-state index contributed by atoms with van der Waals surface area (Å²) in [5.74, 6) is 11.6. The number of aliphatic hydroxyl groups is 1. The molecule has 0 aromatic heterocycles. The van der Waals surface area contributed by atoms with Crippen LogP contribution in [-0.2, 0) is 0 Å². The Morgan fingerprint density at radius 3 is 2.33 bits per heavy atom. The van der Waals surface area contributed by atoms with Crippen LogP contribution in [0.2, 0.25) is 0 Å². The Morgan fingerprint density at radius 1 is 0.905 bits per heavy atom. The molecule has 0 aliphatic carbocycles. The number of aryl methyl sites for hydroxylation is 1. The predicted molar refractivity (Wildman–Crippen MR) is 86.4 cm³/mol. The smallest absolute Gasteiger partial charge is 0.140 e. The number of hydrogen-bond acceptors (Lipinski definition) is 1. The van der Waals surface area contributed by atoms with E-state index in [1.54, 1.807) is 12.2 Å². The summed E-state index contributed by atoms with van der Waals surface area (Å²) in [6.07, 6.45) is 2.58. The lowest BCUT2D eigenvalue weighted by atomic mass is 10.1. The molecule has 102 valence electrons. The number of benzene rings is 2. The zero-order chi connectivity index (χ0) is 14.9. The van der Waals surface area contributed by atoms with Gasteiger partial charge in [-0.1, -0.05) is 72.2 Å². The van der Waals surface area contributed by atoms with Crippen molar-refractivity contribution in [1.29, 1.82) is 0 Å². The highest BCUT2D eigenvalue weighted by atomic mass is 16.3. The lowest BCUT2D eigenvalue weighted by Gasteiger charge is -2.01. The summed E-state index contributed by atoms with van der Waals surface area (Å²) in [4.78, 5) is 0. The summed E-state index contributed by atoms with van der Waals surface area (Å²) in [6, 6.07) is 17.3. The summed E-state index contributed by atoms with van der Waals surface area (Å²) in [5.41, 5.74) is 2.97. The SMILES string of the molecule is Cc1ccccc1C#C/C=C\C#CC(O)c1ccccc1. The zero-order valence-corrected chi connectivity index (χ0v) is 11.9. The molecule has 0 bridgehead atoms. The van der Waals surface area contributed by atoms with Crippen LogP contribution < -0.4 is 0 Å². The van der Waals surface area contributed by atoms with Crippen molar-refractivity contribution in [1.82, 2.24) is 0 Å². The van der Waals surface area contributed by atoms with E-state index in [1.165, 1.54) is 0 Å². The molecule has 0 saturated carbocycles. The van der Waals surface area contributed by atoms with Crippen molar-refractivity contribution >= 4 is 0 Å². The third-order valence-corrected chi connectivity index (χ3v) is 2.94. The maximum Gasteiger partial charge on any atom is 0.140 e. The molecular formula is C20H16O. The van der Waals surface area contributed by atoms with Crippen molar-refractivity contribution in [3.05, 3.63) is 83.4 Å². The minimum absolute atomic E-state index is 0.764. The lowest BCUT2D eigenvalue weighted by molar-refractivity contribution is 0.238. The van der Waals surface area contributed by atoms with Crippen LogP contribution in [0.25, 0.3) is 0 Å². The highest BCUT2D eigenvalue weighted by Crippen LogP contribution is 2.09. The van der Waals surface area contributed by atoms with Crippen LogP contribution >= 0.6 is 0 Å². The Labute approximate surface area is 126 Å². The average molecular weight is 272 g/mol. The molecular weight excluding hydrogens is 256 g/mol. The van der Waals surface area contributed by atoms with Crippen LogP contribution in [0.4, 0.5) is 0 Å². The van der Waals surface area contributed by atoms with Gasteiger partial charge in [0, 0.05) is 5.56 Å². The summed E-state index contributed by atoms with van der Waals surface area (Å²) in [7, 11) is 0. The summed E-state index contributed by atoms with van der Waals surface area (Å²) in [6.45, 7) is 2.03. The quantitative estimate of drug-likeness (QED) is 0.786. The van der Waals surface area contributed by atoms with Crippen molar-refractivity contribution in [2.75, 3.05) is 0 Å². The zero-order valence-electron chi connectivity index (χ0n) is 11.9. The molecule has 0 aliphatic rings. The summed E-state index contributed by atoms with van der Waals surface area (Å²) >= 11 is 0. The molecule has 1 nitrogen and oxygen atoms in total. The van der Waals surface area contributed by atoms with Gasteiger partial charge in [0.25, 0.3) is 0 Å². The van der Waals surface area contributed by atoms with E-state index in [0.29, 0.717) is 0 Å². The minimum Gasteiger partial charge on any atom is -0.376 e. The van der Waals surface area contributed by atoms with Crippen LogP contribution in [0.1, 0.15) is 22.8 Å². The van der Waals surface area contributed by atoms with E-state index in [4.69, 9.17) is 0 Å². The fraction of sp³-hybridized carbons (Fsp3) is 0.100. The van der Waals surface area contributed by atoms with Crippen LogP contribution in [0, 0.1) is 30.6 Å². The van der Waals surface area contributed by atoms with Gasteiger partial charge in [-0.3, -0.25) is 0 Å². The molecule has 1 unspecified atom stereocenters. The van der Waals surface area contributed by atoms with Gasteiger partial charge in [-0.05, 0) is 36.3 Å². The van der Waals surface area contributed by atoms with Crippen LogP contribution in [0.3, 0.4) is 0 Å². The van der Waals surface area contributed by atoms with E-state index in [-0.39, 0.29) is 0 Å². The summed E-state index contributed by atoms with van der Waals surface area (Å²) in [5, 5.41) is 9.85. The van der Waals surface area contributed by atoms with Crippen molar-refractivity contribution in [3.63, 3.8) is 0 Å². The van der Waals surface area contributed by atoms with Gasteiger partial charge < -0.3 is 5.11 Å². The topological polar surface area (TPSA) is 20.2 Å². The molecule has 1 atom stereocenters. The molecule has 0 heterocycles. The molecule has 0 fully saturated rings. The Balaban J connectivity index is 1.96. The van der Waals surface area contributed by atoms with Gasteiger partial charge in [0.15, 0.2) is 0 Å². The van der Waals surface area contributed by atoms with E-state index < -0.39 is 6.10 Å². The molecule has 2 rings (SSSR count). The highest BCUT2D eigenvalue weighted by molar-refractivity contribution is 5.43. The lowest BCUT2D eigenvalue weighted by Crippen LogP contribution is -1.91. The first-order valence-corrected chi connectivity index (χ1v) is 6.73. The number of hydrogen-bond donors (Lipinski definition) is 1. The minimum atomic E-state index is -0.764. The van der Waals surface area contributed by atoms with E-state index in [2.05, 4.69) is 23.7 Å². The fourth-order valence-electron chi connectivity index (χ4n) is 1.76. The van der Waals surface area contributed by atoms with E-state index in [0.717, 1.165) is 16.7 Å². The van der Waals surface area contributed by atoms with Crippen LogP contribution in [0.15, 0.2) is 66.7 Å². The Morgan fingerprint density at radius 2 is 1.57 bits per heavy atom. The van der Waals surface area contributed by atoms with E-state index in [9.17, 15) is 5.11 Å². The number of rotatable bonds is 1. The first-order valence-electron chi connectivity index (χ1n) is 6.73. The molecule has 0 aliphatic heterocycles. The predicted octanol–water partition coefficient (Wildman–Crippen LogP) is 3.64. The highest BCUT2D eigenvalue weighted by Gasteiger charge is 1.99. The van der Waals surface area contributed by atoms with Gasteiger partial charge in [-0.15, -0.1) is 0 Å². The second-order valence-electron chi connectivity index (χ2n) is 4.52. The first-order chi connectivity index (χ1) is 10.3.